The van der Waals surface area contributed by atoms with Gasteiger partial charge in [-0.1, -0.05) is 61.7 Å². The largest absolute Gasteiger partial charge is 0.244 e. The monoisotopic (exact) mass is 341 g/mol. The molecule has 0 amide bonds. The number of unbranched alkanes of at least 4 members (excludes halogenated alkanes) is 2. The summed E-state index contributed by atoms with van der Waals surface area (Å²) in [5.74, 6) is 1.38. The van der Waals surface area contributed by atoms with Gasteiger partial charge in [0.25, 0.3) is 0 Å². The van der Waals surface area contributed by atoms with Gasteiger partial charge < -0.3 is 0 Å². The van der Waals surface area contributed by atoms with Crippen LogP contribution in [0, 0.1) is 0 Å². The van der Waals surface area contributed by atoms with Crippen LogP contribution in [-0.2, 0) is 6.42 Å². The lowest BCUT2D eigenvalue weighted by Crippen LogP contribution is -2.12. The predicted molar refractivity (Wildman–Crippen MR) is 103 cm³/mol. The highest BCUT2D eigenvalue weighted by Crippen LogP contribution is 2.40. The fourth-order valence-corrected chi connectivity index (χ4v) is 4.04. The first kappa shape index (κ1) is 17.5. The summed E-state index contributed by atoms with van der Waals surface area (Å²) in [5.41, 5.74) is 4.37. The van der Waals surface area contributed by atoms with Crippen molar-refractivity contribution < 1.29 is 0 Å². The van der Waals surface area contributed by atoms with E-state index in [9.17, 15) is 0 Å². The highest BCUT2D eigenvalue weighted by atomic mass is 35.5. The first-order valence-corrected chi connectivity index (χ1v) is 9.84. The molecule has 1 aliphatic rings. The van der Waals surface area contributed by atoms with Gasteiger partial charge in [0.1, 0.15) is 5.15 Å². The van der Waals surface area contributed by atoms with E-state index in [1.165, 1.54) is 68.1 Å². The summed E-state index contributed by atoms with van der Waals surface area (Å²) in [6, 6.07) is 13.5. The van der Waals surface area contributed by atoms with Crippen molar-refractivity contribution in [2.24, 2.45) is 0 Å². The van der Waals surface area contributed by atoms with E-state index in [-0.39, 0.29) is 0 Å². The maximum absolute atomic E-state index is 5.90. The van der Waals surface area contributed by atoms with Crippen LogP contribution in [-0.4, -0.2) is 4.98 Å². The number of hydrogen-bond acceptors (Lipinski definition) is 1. The lowest BCUT2D eigenvalue weighted by molar-refractivity contribution is 0.396. The lowest BCUT2D eigenvalue weighted by Gasteiger charge is -2.29. The van der Waals surface area contributed by atoms with Crippen molar-refractivity contribution in [3.8, 4) is 0 Å². The Bertz CT molecular complexity index is 609. The van der Waals surface area contributed by atoms with Gasteiger partial charge in [0.05, 0.1) is 0 Å². The first-order chi connectivity index (χ1) is 11.8. The smallest absolute Gasteiger partial charge is 0.129 e. The number of benzene rings is 1. The summed E-state index contributed by atoms with van der Waals surface area (Å²) < 4.78 is 0. The molecule has 0 aliphatic heterocycles. The molecular weight excluding hydrogens is 314 g/mol. The third-order valence-corrected chi connectivity index (χ3v) is 5.69. The van der Waals surface area contributed by atoms with Crippen LogP contribution in [0.1, 0.15) is 80.4 Å². The topological polar surface area (TPSA) is 12.9 Å². The Kier molecular flexibility index (Phi) is 6.31. The second kappa shape index (κ2) is 8.67. The fourth-order valence-electron chi connectivity index (χ4n) is 3.92. The molecule has 0 bridgehead atoms. The second-order valence-corrected chi connectivity index (χ2v) is 7.55. The minimum atomic E-state index is 0.589. The van der Waals surface area contributed by atoms with Gasteiger partial charge in [-0.05, 0) is 73.1 Å². The Labute approximate surface area is 151 Å². The van der Waals surface area contributed by atoms with Gasteiger partial charge >= 0.3 is 0 Å². The number of pyridine rings is 1. The quantitative estimate of drug-likeness (QED) is 0.411. The summed E-state index contributed by atoms with van der Waals surface area (Å²) >= 11 is 5.90. The number of nitrogens with zero attached hydrogens (tertiary/aromatic N) is 1. The molecule has 1 heterocycles. The van der Waals surface area contributed by atoms with Crippen molar-refractivity contribution in [1.82, 2.24) is 4.98 Å². The van der Waals surface area contributed by atoms with E-state index in [1.807, 2.05) is 12.3 Å². The van der Waals surface area contributed by atoms with E-state index in [2.05, 4.69) is 42.2 Å². The molecule has 24 heavy (non-hydrogen) atoms. The van der Waals surface area contributed by atoms with Gasteiger partial charge in [0.15, 0.2) is 0 Å². The molecule has 1 nitrogen and oxygen atoms in total. The summed E-state index contributed by atoms with van der Waals surface area (Å²) in [4.78, 5) is 4.24. The molecule has 0 N–H and O–H groups in total. The van der Waals surface area contributed by atoms with Gasteiger partial charge in [-0.2, -0.15) is 0 Å². The standard InChI is InChI=1S/C22H28ClN/c1-2-3-4-5-17-6-8-18(9-7-17)19-10-12-20(13-11-19)21-14-15-22(23)24-16-21/h6-9,14-16,19-20H,2-5,10-13H2,1H3. The highest BCUT2D eigenvalue weighted by molar-refractivity contribution is 6.29. The van der Waals surface area contributed by atoms with Crippen LogP contribution in [0.5, 0.6) is 0 Å². The van der Waals surface area contributed by atoms with Crippen LogP contribution >= 0.6 is 11.6 Å². The van der Waals surface area contributed by atoms with Crippen molar-refractivity contribution in [2.75, 3.05) is 0 Å². The zero-order valence-corrected chi connectivity index (χ0v) is 15.4. The molecule has 128 valence electrons. The fraction of sp³-hybridized carbons (Fsp3) is 0.500. The van der Waals surface area contributed by atoms with Crippen molar-refractivity contribution in [1.29, 1.82) is 0 Å². The lowest BCUT2D eigenvalue weighted by atomic mass is 9.76. The minimum Gasteiger partial charge on any atom is -0.244 e. The molecule has 0 radical (unpaired) electrons. The predicted octanol–water partition coefficient (Wildman–Crippen LogP) is 6.91. The molecule has 0 atom stereocenters. The van der Waals surface area contributed by atoms with Gasteiger partial charge in [-0.25, -0.2) is 4.98 Å². The van der Waals surface area contributed by atoms with Crippen LogP contribution in [0.3, 0.4) is 0 Å². The van der Waals surface area contributed by atoms with E-state index in [0.29, 0.717) is 11.1 Å². The summed E-state index contributed by atoms with van der Waals surface area (Å²) in [5, 5.41) is 0.589. The van der Waals surface area contributed by atoms with Gasteiger partial charge in [0, 0.05) is 6.20 Å². The molecule has 1 aliphatic carbocycles. The normalized spacial score (nSPS) is 20.9. The van der Waals surface area contributed by atoms with Crippen LogP contribution in [0.25, 0.3) is 0 Å². The number of rotatable bonds is 6. The van der Waals surface area contributed by atoms with Crippen LogP contribution in [0.15, 0.2) is 42.6 Å². The second-order valence-electron chi connectivity index (χ2n) is 7.16. The summed E-state index contributed by atoms with van der Waals surface area (Å²) in [6.45, 7) is 2.26. The Morgan fingerprint density at radius 1 is 0.875 bits per heavy atom. The Hall–Kier alpha value is -1.34. The molecule has 1 aromatic heterocycles. The van der Waals surface area contributed by atoms with Gasteiger partial charge in [0.2, 0.25) is 0 Å². The van der Waals surface area contributed by atoms with E-state index in [4.69, 9.17) is 11.6 Å². The third kappa shape index (κ3) is 4.60. The number of hydrogen-bond donors (Lipinski definition) is 0. The zero-order chi connectivity index (χ0) is 16.8. The molecule has 1 aromatic carbocycles. The highest BCUT2D eigenvalue weighted by Gasteiger charge is 2.23. The molecule has 1 saturated carbocycles. The molecular formula is C22H28ClN. The van der Waals surface area contributed by atoms with E-state index in [1.54, 1.807) is 0 Å². The third-order valence-electron chi connectivity index (χ3n) is 5.47. The Morgan fingerprint density at radius 3 is 2.08 bits per heavy atom. The van der Waals surface area contributed by atoms with Gasteiger partial charge in [-0.15, -0.1) is 0 Å². The van der Waals surface area contributed by atoms with E-state index < -0.39 is 0 Å². The SMILES string of the molecule is CCCCCc1ccc(C2CCC(c3ccc(Cl)nc3)CC2)cc1. The van der Waals surface area contributed by atoms with Crippen molar-refractivity contribution in [3.63, 3.8) is 0 Å². The molecule has 2 aromatic rings. The molecule has 0 saturated heterocycles. The van der Waals surface area contributed by atoms with E-state index >= 15 is 0 Å². The van der Waals surface area contributed by atoms with Crippen LogP contribution in [0.4, 0.5) is 0 Å². The zero-order valence-electron chi connectivity index (χ0n) is 14.7. The average molecular weight is 342 g/mol. The number of halogens is 1. The Morgan fingerprint density at radius 2 is 1.50 bits per heavy atom. The van der Waals surface area contributed by atoms with Crippen LogP contribution < -0.4 is 0 Å². The molecule has 2 heteroatoms. The first-order valence-electron chi connectivity index (χ1n) is 9.46. The average Bonchev–Trinajstić information content (AvgIpc) is 2.63. The molecule has 1 fully saturated rings. The van der Waals surface area contributed by atoms with Crippen LogP contribution in [0.2, 0.25) is 5.15 Å². The maximum Gasteiger partial charge on any atom is 0.129 e. The van der Waals surface area contributed by atoms with Crippen molar-refractivity contribution in [2.45, 2.75) is 70.1 Å². The van der Waals surface area contributed by atoms with Gasteiger partial charge in [-0.3, -0.25) is 0 Å². The summed E-state index contributed by atoms with van der Waals surface area (Å²) in [7, 11) is 0. The molecule has 0 spiro atoms. The van der Waals surface area contributed by atoms with Crippen molar-refractivity contribution >= 4 is 11.6 Å². The summed E-state index contributed by atoms with van der Waals surface area (Å²) in [6.07, 6.45) is 12.2. The minimum absolute atomic E-state index is 0.589. The molecule has 3 rings (SSSR count). The number of aryl methyl sites for hydroxylation is 1. The molecule has 0 unspecified atom stereocenters. The maximum atomic E-state index is 5.90. The van der Waals surface area contributed by atoms with Crippen molar-refractivity contribution in [3.05, 3.63) is 64.4 Å². The number of aromatic nitrogens is 1. The Balaban J connectivity index is 1.53. The van der Waals surface area contributed by atoms with E-state index in [0.717, 1.165) is 5.92 Å².